The molecule has 1 N–H and O–H groups in total. The number of rotatable bonds is 2. The predicted octanol–water partition coefficient (Wildman–Crippen LogP) is 4.98. The fourth-order valence-electron chi connectivity index (χ4n) is 1.92. The van der Waals surface area contributed by atoms with Gasteiger partial charge in [-0.1, -0.05) is 29.3 Å². The zero-order valence-corrected chi connectivity index (χ0v) is 12.0. The van der Waals surface area contributed by atoms with Crippen molar-refractivity contribution < 1.29 is 9.90 Å². The topological polar surface area (TPSA) is 37.3 Å². The van der Waals surface area contributed by atoms with Crippen molar-refractivity contribution in [1.29, 1.82) is 0 Å². The van der Waals surface area contributed by atoms with Gasteiger partial charge in [-0.2, -0.15) is 0 Å². The second-order valence-electron chi connectivity index (χ2n) is 4.41. The molecule has 0 atom stereocenters. The van der Waals surface area contributed by atoms with E-state index in [0.29, 0.717) is 21.2 Å². The minimum atomic E-state index is -1.02. The third-order valence-corrected chi connectivity index (χ3v) is 3.63. The Morgan fingerprint density at radius 3 is 2.26 bits per heavy atom. The highest BCUT2D eigenvalue weighted by molar-refractivity contribution is 6.34. The number of carbonyl (C=O) groups is 1. The summed E-state index contributed by atoms with van der Waals surface area (Å²) in [5.74, 6) is -1.02. The molecule has 0 amide bonds. The summed E-state index contributed by atoms with van der Waals surface area (Å²) in [7, 11) is 0. The second kappa shape index (κ2) is 5.24. The summed E-state index contributed by atoms with van der Waals surface area (Å²) >= 11 is 12.1. The molecule has 0 saturated carbocycles. The second-order valence-corrected chi connectivity index (χ2v) is 5.26. The molecule has 2 aromatic carbocycles. The number of halogens is 2. The predicted molar refractivity (Wildman–Crippen MR) is 78.3 cm³/mol. The van der Waals surface area contributed by atoms with Crippen LogP contribution in [0.3, 0.4) is 0 Å². The van der Waals surface area contributed by atoms with Crippen molar-refractivity contribution in [1.82, 2.24) is 0 Å². The van der Waals surface area contributed by atoms with E-state index >= 15 is 0 Å². The van der Waals surface area contributed by atoms with Crippen molar-refractivity contribution >= 4 is 29.2 Å². The van der Waals surface area contributed by atoms with Gasteiger partial charge in [0.05, 0.1) is 5.56 Å². The van der Waals surface area contributed by atoms with Gasteiger partial charge >= 0.3 is 5.97 Å². The van der Waals surface area contributed by atoms with Gasteiger partial charge in [0.1, 0.15) is 0 Å². The number of aryl methyl sites for hydroxylation is 2. The number of hydrogen-bond acceptors (Lipinski definition) is 1. The van der Waals surface area contributed by atoms with Crippen LogP contribution >= 0.6 is 23.2 Å². The fraction of sp³-hybridized carbons (Fsp3) is 0.133. The minimum absolute atomic E-state index is 0.151. The van der Waals surface area contributed by atoms with Crippen molar-refractivity contribution in [3.63, 3.8) is 0 Å². The van der Waals surface area contributed by atoms with Gasteiger partial charge in [0.15, 0.2) is 0 Å². The van der Waals surface area contributed by atoms with Crippen LogP contribution in [0.15, 0.2) is 30.3 Å². The first-order chi connectivity index (χ1) is 8.90. The summed E-state index contributed by atoms with van der Waals surface area (Å²) in [4.78, 5) is 11.3. The molecule has 0 aromatic heterocycles. The van der Waals surface area contributed by atoms with Gasteiger partial charge < -0.3 is 5.11 Å². The maximum Gasteiger partial charge on any atom is 0.336 e. The molecule has 2 aromatic rings. The van der Waals surface area contributed by atoms with Crippen LogP contribution in [-0.4, -0.2) is 11.1 Å². The SMILES string of the molecule is Cc1cc(Cl)c(-c2ccc(Cl)cc2C(=O)O)cc1C. The molecule has 19 heavy (non-hydrogen) atoms. The quantitative estimate of drug-likeness (QED) is 0.848. The van der Waals surface area contributed by atoms with E-state index < -0.39 is 5.97 Å². The Hall–Kier alpha value is -1.51. The molecule has 0 aliphatic heterocycles. The molecule has 98 valence electrons. The summed E-state index contributed by atoms with van der Waals surface area (Å²) in [5.41, 5.74) is 3.56. The average molecular weight is 295 g/mol. The summed E-state index contributed by atoms with van der Waals surface area (Å²) < 4.78 is 0. The number of aromatic carboxylic acids is 1. The van der Waals surface area contributed by atoms with Gasteiger partial charge in [-0.05, 0) is 54.8 Å². The molecule has 0 saturated heterocycles. The highest BCUT2D eigenvalue weighted by Crippen LogP contribution is 2.34. The minimum Gasteiger partial charge on any atom is -0.478 e. The number of hydrogen-bond donors (Lipinski definition) is 1. The van der Waals surface area contributed by atoms with Crippen molar-refractivity contribution in [2.24, 2.45) is 0 Å². The van der Waals surface area contributed by atoms with Crippen LogP contribution in [-0.2, 0) is 0 Å². The lowest BCUT2D eigenvalue weighted by molar-refractivity contribution is 0.0697. The lowest BCUT2D eigenvalue weighted by Crippen LogP contribution is -2.00. The third-order valence-electron chi connectivity index (χ3n) is 3.09. The van der Waals surface area contributed by atoms with Crippen LogP contribution in [0.1, 0.15) is 21.5 Å². The maximum absolute atomic E-state index is 11.3. The summed E-state index contributed by atoms with van der Waals surface area (Å²) in [5, 5.41) is 10.2. The van der Waals surface area contributed by atoms with Gasteiger partial charge in [-0.3, -0.25) is 0 Å². The van der Waals surface area contributed by atoms with Crippen LogP contribution in [0.4, 0.5) is 0 Å². The first-order valence-corrected chi connectivity index (χ1v) is 6.45. The molecule has 0 fully saturated rings. The Kier molecular flexibility index (Phi) is 3.83. The highest BCUT2D eigenvalue weighted by atomic mass is 35.5. The zero-order chi connectivity index (χ0) is 14.2. The Bertz CT molecular complexity index is 663. The molecule has 0 aliphatic rings. The Balaban J connectivity index is 2.72. The van der Waals surface area contributed by atoms with E-state index in [2.05, 4.69) is 0 Å². The Morgan fingerprint density at radius 2 is 1.63 bits per heavy atom. The molecule has 2 rings (SSSR count). The summed E-state index contributed by atoms with van der Waals surface area (Å²) in [6.07, 6.45) is 0. The first kappa shape index (κ1) is 13.9. The maximum atomic E-state index is 11.3. The lowest BCUT2D eigenvalue weighted by atomic mass is 9.96. The fourth-order valence-corrected chi connectivity index (χ4v) is 2.41. The van der Waals surface area contributed by atoms with Crippen molar-refractivity contribution in [3.8, 4) is 11.1 Å². The third kappa shape index (κ3) is 2.75. The van der Waals surface area contributed by atoms with Gasteiger partial charge in [0.25, 0.3) is 0 Å². The number of benzene rings is 2. The Labute approximate surface area is 121 Å². The molecule has 0 unspecified atom stereocenters. The van der Waals surface area contributed by atoms with Crippen LogP contribution in [0, 0.1) is 13.8 Å². The van der Waals surface area contributed by atoms with Crippen LogP contribution in [0.2, 0.25) is 10.0 Å². The van der Waals surface area contributed by atoms with E-state index in [4.69, 9.17) is 23.2 Å². The van der Waals surface area contributed by atoms with Gasteiger partial charge in [-0.15, -0.1) is 0 Å². The smallest absolute Gasteiger partial charge is 0.336 e. The van der Waals surface area contributed by atoms with Crippen LogP contribution in [0.25, 0.3) is 11.1 Å². The van der Waals surface area contributed by atoms with Gasteiger partial charge in [0.2, 0.25) is 0 Å². The van der Waals surface area contributed by atoms with E-state index in [9.17, 15) is 9.90 Å². The molecule has 0 heterocycles. The molecular formula is C15H12Cl2O2. The normalized spacial score (nSPS) is 10.5. The molecule has 2 nitrogen and oxygen atoms in total. The monoisotopic (exact) mass is 294 g/mol. The standard InChI is InChI=1S/C15H12Cl2O2/c1-8-5-12(14(17)6-9(8)2)11-4-3-10(16)7-13(11)15(18)19/h3-7H,1-2H3,(H,18,19). The van der Waals surface area contributed by atoms with E-state index in [1.807, 2.05) is 26.0 Å². The van der Waals surface area contributed by atoms with Gasteiger partial charge in [-0.25, -0.2) is 4.79 Å². The molecular weight excluding hydrogens is 283 g/mol. The van der Waals surface area contributed by atoms with Crippen molar-refractivity contribution in [2.75, 3.05) is 0 Å². The Morgan fingerprint density at radius 1 is 1.00 bits per heavy atom. The molecule has 0 aliphatic carbocycles. The molecule has 4 heteroatoms. The van der Waals surface area contributed by atoms with Gasteiger partial charge in [0, 0.05) is 15.6 Å². The molecule has 0 radical (unpaired) electrons. The number of carboxylic acids is 1. The largest absolute Gasteiger partial charge is 0.478 e. The summed E-state index contributed by atoms with van der Waals surface area (Å²) in [6, 6.07) is 8.52. The average Bonchev–Trinajstić information content (AvgIpc) is 2.34. The zero-order valence-electron chi connectivity index (χ0n) is 10.5. The van der Waals surface area contributed by atoms with E-state index in [0.717, 1.165) is 11.1 Å². The van der Waals surface area contributed by atoms with Crippen LogP contribution < -0.4 is 0 Å². The highest BCUT2D eigenvalue weighted by Gasteiger charge is 2.15. The summed E-state index contributed by atoms with van der Waals surface area (Å²) in [6.45, 7) is 3.93. The van der Waals surface area contributed by atoms with Crippen LogP contribution in [0.5, 0.6) is 0 Å². The van der Waals surface area contributed by atoms with Crippen molar-refractivity contribution in [2.45, 2.75) is 13.8 Å². The number of carboxylic acid groups (broad SMARTS) is 1. The molecule has 0 spiro atoms. The first-order valence-electron chi connectivity index (χ1n) is 5.70. The van der Waals surface area contributed by atoms with Crippen molar-refractivity contribution in [3.05, 3.63) is 57.1 Å². The van der Waals surface area contributed by atoms with E-state index in [-0.39, 0.29) is 5.56 Å². The van der Waals surface area contributed by atoms with E-state index in [1.54, 1.807) is 12.1 Å². The lowest BCUT2D eigenvalue weighted by Gasteiger charge is -2.11. The molecule has 0 bridgehead atoms. The van der Waals surface area contributed by atoms with E-state index in [1.165, 1.54) is 6.07 Å².